The van der Waals surface area contributed by atoms with E-state index in [-0.39, 0.29) is 18.4 Å². The Kier molecular flexibility index (Phi) is 5.61. The van der Waals surface area contributed by atoms with Gasteiger partial charge < -0.3 is 10.4 Å². The van der Waals surface area contributed by atoms with Crippen LogP contribution in [0, 0.1) is 22.7 Å². The maximum absolute atomic E-state index is 12.1. The summed E-state index contributed by atoms with van der Waals surface area (Å²) in [5.74, 6) is 0.0134. The van der Waals surface area contributed by atoms with E-state index < -0.39 is 11.5 Å². The number of hydrogen-bond acceptors (Lipinski definition) is 3. The third-order valence-corrected chi connectivity index (χ3v) is 4.17. The molecule has 102 valence electrons. The van der Waals surface area contributed by atoms with Crippen LogP contribution in [0.2, 0.25) is 0 Å². The van der Waals surface area contributed by atoms with Crippen LogP contribution in [-0.4, -0.2) is 23.7 Å². The van der Waals surface area contributed by atoms with Crippen LogP contribution in [0.5, 0.6) is 0 Å². The summed E-state index contributed by atoms with van der Waals surface area (Å²) < 4.78 is 0. The molecular weight excluding hydrogens is 228 g/mol. The van der Waals surface area contributed by atoms with Gasteiger partial charge in [0.15, 0.2) is 0 Å². The molecule has 4 heteroatoms. The minimum Gasteiger partial charge on any atom is -0.391 e. The fourth-order valence-electron chi connectivity index (χ4n) is 2.73. The third-order valence-electron chi connectivity index (χ3n) is 4.17. The Morgan fingerprint density at radius 2 is 1.94 bits per heavy atom. The van der Waals surface area contributed by atoms with Gasteiger partial charge in [-0.1, -0.05) is 39.5 Å². The first-order chi connectivity index (χ1) is 8.59. The first-order valence-corrected chi connectivity index (χ1v) is 6.97. The fraction of sp³-hybridized carbons (Fsp3) is 0.857. The highest BCUT2D eigenvalue weighted by Crippen LogP contribution is 2.37. The van der Waals surface area contributed by atoms with Gasteiger partial charge in [0.25, 0.3) is 0 Å². The Bertz CT molecular complexity index is 312. The van der Waals surface area contributed by atoms with Crippen molar-refractivity contribution in [3.63, 3.8) is 0 Å². The molecule has 1 unspecified atom stereocenters. The second-order valence-corrected chi connectivity index (χ2v) is 5.25. The second kappa shape index (κ2) is 6.75. The first kappa shape index (κ1) is 15.0. The van der Waals surface area contributed by atoms with Crippen molar-refractivity contribution < 1.29 is 9.90 Å². The molecule has 0 aromatic rings. The molecular formula is C14H24N2O2. The molecule has 18 heavy (non-hydrogen) atoms. The number of nitrogens with one attached hydrogen (secondary N) is 1. The molecule has 1 fully saturated rings. The Hall–Kier alpha value is -1.08. The number of carbonyl (C=O) groups is 1. The van der Waals surface area contributed by atoms with Gasteiger partial charge in [-0.2, -0.15) is 5.26 Å². The summed E-state index contributed by atoms with van der Waals surface area (Å²) in [4.78, 5) is 12.1. The molecule has 0 spiro atoms. The van der Waals surface area contributed by atoms with E-state index in [2.05, 4.69) is 11.4 Å². The highest BCUT2D eigenvalue weighted by atomic mass is 16.3. The van der Waals surface area contributed by atoms with Crippen LogP contribution in [0.25, 0.3) is 0 Å². The van der Waals surface area contributed by atoms with Gasteiger partial charge in [-0.05, 0) is 18.8 Å². The number of amides is 1. The van der Waals surface area contributed by atoms with E-state index in [1.165, 1.54) is 0 Å². The zero-order valence-electron chi connectivity index (χ0n) is 11.4. The van der Waals surface area contributed by atoms with Gasteiger partial charge in [0.05, 0.1) is 12.2 Å². The van der Waals surface area contributed by atoms with Crippen molar-refractivity contribution in [3.05, 3.63) is 0 Å². The molecule has 1 rings (SSSR count). The molecule has 0 aromatic carbocycles. The van der Waals surface area contributed by atoms with Gasteiger partial charge in [-0.3, -0.25) is 4.79 Å². The van der Waals surface area contributed by atoms with Crippen molar-refractivity contribution in [2.24, 2.45) is 11.3 Å². The largest absolute Gasteiger partial charge is 0.391 e. The van der Waals surface area contributed by atoms with Crippen molar-refractivity contribution in [3.8, 4) is 6.07 Å². The van der Waals surface area contributed by atoms with Crippen molar-refractivity contribution >= 4 is 5.91 Å². The molecule has 0 saturated heterocycles. The van der Waals surface area contributed by atoms with Gasteiger partial charge in [0.1, 0.15) is 5.41 Å². The number of rotatable bonds is 6. The maximum atomic E-state index is 12.1. The maximum Gasteiger partial charge on any atom is 0.240 e. The monoisotopic (exact) mass is 252 g/mol. The lowest BCUT2D eigenvalue weighted by Gasteiger charge is -2.24. The standard InChI is InChI=1S/C14H24N2O2/c1-3-11(4-2)12(17)9-16-13(18)14(10-15)7-5-6-8-14/h11-12,17H,3-9H2,1-2H3,(H,16,18). The zero-order chi connectivity index (χ0) is 13.6. The molecule has 1 saturated carbocycles. The number of nitrogens with zero attached hydrogens (tertiary/aromatic N) is 1. The Balaban J connectivity index is 2.48. The number of aliphatic hydroxyl groups excluding tert-OH is 1. The lowest BCUT2D eigenvalue weighted by molar-refractivity contribution is -0.128. The van der Waals surface area contributed by atoms with E-state index in [9.17, 15) is 15.2 Å². The summed E-state index contributed by atoms with van der Waals surface area (Å²) in [5.41, 5.74) is -0.840. The van der Waals surface area contributed by atoms with Crippen LogP contribution in [0.15, 0.2) is 0 Å². The zero-order valence-corrected chi connectivity index (χ0v) is 11.4. The Morgan fingerprint density at radius 1 is 1.39 bits per heavy atom. The van der Waals surface area contributed by atoms with Crippen molar-refractivity contribution in [1.82, 2.24) is 5.32 Å². The minimum atomic E-state index is -0.840. The Labute approximate surface area is 109 Å². The highest BCUT2D eigenvalue weighted by Gasteiger charge is 2.41. The SMILES string of the molecule is CCC(CC)C(O)CNC(=O)C1(C#N)CCCC1. The van der Waals surface area contributed by atoms with E-state index in [1.54, 1.807) is 0 Å². The first-order valence-electron chi connectivity index (χ1n) is 6.97. The normalized spacial score (nSPS) is 19.5. The molecule has 1 atom stereocenters. The van der Waals surface area contributed by atoms with Crippen LogP contribution in [0.1, 0.15) is 52.4 Å². The molecule has 4 nitrogen and oxygen atoms in total. The van der Waals surface area contributed by atoms with Gasteiger partial charge in [-0.15, -0.1) is 0 Å². The summed E-state index contributed by atoms with van der Waals surface area (Å²) in [6, 6.07) is 2.16. The van der Waals surface area contributed by atoms with Gasteiger partial charge >= 0.3 is 0 Å². The molecule has 1 aliphatic rings. The summed E-state index contributed by atoms with van der Waals surface area (Å²) >= 11 is 0. The Morgan fingerprint density at radius 3 is 2.39 bits per heavy atom. The van der Waals surface area contributed by atoms with E-state index in [0.29, 0.717) is 12.8 Å². The third kappa shape index (κ3) is 3.23. The lowest BCUT2D eigenvalue weighted by atomic mass is 9.87. The van der Waals surface area contributed by atoms with Gasteiger partial charge in [0, 0.05) is 6.54 Å². The summed E-state index contributed by atoms with van der Waals surface area (Å²) in [6.07, 6.45) is 4.47. The summed E-state index contributed by atoms with van der Waals surface area (Å²) in [5, 5.41) is 21.9. The van der Waals surface area contributed by atoms with E-state index >= 15 is 0 Å². The second-order valence-electron chi connectivity index (χ2n) is 5.25. The van der Waals surface area contributed by atoms with Crippen LogP contribution in [0.3, 0.4) is 0 Å². The van der Waals surface area contributed by atoms with Gasteiger partial charge in [0.2, 0.25) is 5.91 Å². The smallest absolute Gasteiger partial charge is 0.240 e. The topological polar surface area (TPSA) is 73.1 Å². The molecule has 0 heterocycles. The molecule has 0 radical (unpaired) electrons. The molecule has 2 N–H and O–H groups in total. The fourth-order valence-corrected chi connectivity index (χ4v) is 2.73. The van der Waals surface area contributed by atoms with Gasteiger partial charge in [-0.25, -0.2) is 0 Å². The molecule has 0 aliphatic heterocycles. The molecule has 0 bridgehead atoms. The van der Waals surface area contributed by atoms with Crippen molar-refractivity contribution in [1.29, 1.82) is 5.26 Å². The average Bonchev–Trinajstić information content (AvgIpc) is 2.87. The predicted octanol–water partition coefficient (Wildman–Crippen LogP) is 1.98. The minimum absolute atomic E-state index is 0.201. The molecule has 1 aliphatic carbocycles. The van der Waals surface area contributed by atoms with Crippen LogP contribution in [-0.2, 0) is 4.79 Å². The predicted molar refractivity (Wildman–Crippen MR) is 69.6 cm³/mol. The van der Waals surface area contributed by atoms with Crippen molar-refractivity contribution in [2.45, 2.75) is 58.5 Å². The van der Waals surface area contributed by atoms with E-state index in [0.717, 1.165) is 25.7 Å². The quantitative estimate of drug-likeness (QED) is 0.759. The van der Waals surface area contributed by atoms with Crippen LogP contribution < -0.4 is 5.32 Å². The lowest BCUT2D eigenvalue weighted by Crippen LogP contribution is -2.43. The van der Waals surface area contributed by atoms with Crippen molar-refractivity contribution in [2.75, 3.05) is 6.54 Å². The summed E-state index contributed by atoms with van der Waals surface area (Å²) in [6.45, 7) is 4.33. The van der Waals surface area contributed by atoms with Crippen LogP contribution >= 0.6 is 0 Å². The number of nitriles is 1. The molecule has 1 amide bonds. The van der Waals surface area contributed by atoms with E-state index in [1.807, 2.05) is 13.8 Å². The number of carbonyl (C=O) groups excluding carboxylic acids is 1. The summed E-state index contributed by atoms with van der Waals surface area (Å²) in [7, 11) is 0. The highest BCUT2D eigenvalue weighted by molar-refractivity contribution is 5.85. The number of hydrogen-bond donors (Lipinski definition) is 2. The van der Waals surface area contributed by atoms with Crippen LogP contribution in [0.4, 0.5) is 0 Å². The average molecular weight is 252 g/mol. The van der Waals surface area contributed by atoms with E-state index in [4.69, 9.17) is 0 Å². The number of aliphatic hydroxyl groups is 1. The molecule has 0 aromatic heterocycles.